The standard InChI is InChI=1S/C16H27N3OS/c1-4-13(5-2)15(20)18-16-17-14(11-21-16)10-19-8-6-12(3)7-9-19/h11-13H,4-10H2,1-3H3,(H,17,18,20). The van der Waals surface area contributed by atoms with Crippen LogP contribution in [-0.2, 0) is 11.3 Å². The second kappa shape index (κ2) is 7.90. The Morgan fingerprint density at radius 2 is 2.10 bits per heavy atom. The summed E-state index contributed by atoms with van der Waals surface area (Å²) in [5.74, 6) is 1.06. The van der Waals surface area contributed by atoms with E-state index in [1.165, 1.54) is 24.2 Å². The molecule has 1 amide bonds. The molecule has 0 saturated carbocycles. The van der Waals surface area contributed by atoms with Gasteiger partial charge in [0.25, 0.3) is 0 Å². The summed E-state index contributed by atoms with van der Waals surface area (Å²) in [6.07, 6.45) is 4.32. The summed E-state index contributed by atoms with van der Waals surface area (Å²) in [6, 6.07) is 0. The lowest BCUT2D eigenvalue weighted by Crippen LogP contribution is -2.32. The van der Waals surface area contributed by atoms with Gasteiger partial charge in [-0.1, -0.05) is 20.8 Å². The molecule has 0 radical (unpaired) electrons. The molecule has 1 N–H and O–H groups in total. The van der Waals surface area contributed by atoms with Crippen molar-refractivity contribution in [3.05, 3.63) is 11.1 Å². The number of anilines is 1. The molecular formula is C16H27N3OS. The van der Waals surface area contributed by atoms with Gasteiger partial charge in [-0.25, -0.2) is 4.98 Å². The average Bonchev–Trinajstić information content (AvgIpc) is 2.90. The number of piperidine rings is 1. The van der Waals surface area contributed by atoms with E-state index in [1.807, 2.05) is 0 Å². The van der Waals surface area contributed by atoms with Crippen LogP contribution >= 0.6 is 11.3 Å². The number of nitrogens with one attached hydrogen (secondary N) is 1. The average molecular weight is 309 g/mol. The van der Waals surface area contributed by atoms with Gasteiger partial charge in [0.05, 0.1) is 5.69 Å². The quantitative estimate of drug-likeness (QED) is 0.870. The SMILES string of the molecule is CCC(CC)C(=O)Nc1nc(CN2CCC(C)CC2)cs1. The molecule has 2 rings (SSSR count). The predicted molar refractivity (Wildman–Crippen MR) is 88.5 cm³/mol. The molecule has 1 aliphatic heterocycles. The van der Waals surface area contributed by atoms with E-state index in [0.29, 0.717) is 0 Å². The summed E-state index contributed by atoms with van der Waals surface area (Å²) in [4.78, 5) is 19.1. The molecule has 1 aliphatic rings. The fourth-order valence-electron chi connectivity index (χ4n) is 2.75. The van der Waals surface area contributed by atoms with Crippen LogP contribution in [0.25, 0.3) is 0 Å². The molecule has 0 unspecified atom stereocenters. The van der Waals surface area contributed by atoms with Gasteiger partial charge < -0.3 is 5.32 Å². The Hall–Kier alpha value is -0.940. The van der Waals surface area contributed by atoms with E-state index in [-0.39, 0.29) is 11.8 Å². The second-order valence-electron chi connectivity index (χ2n) is 6.11. The van der Waals surface area contributed by atoms with Gasteiger partial charge in [-0.2, -0.15) is 0 Å². The minimum Gasteiger partial charge on any atom is -0.302 e. The largest absolute Gasteiger partial charge is 0.302 e. The van der Waals surface area contributed by atoms with Crippen molar-refractivity contribution in [3.63, 3.8) is 0 Å². The number of hydrogen-bond acceptors (Lipinski definition) is 4. The minimum atomic E-state index is 0.0981. The van der Waals surface area contributed by atoms with Crippen LogP contribution in [0.2, 0.25) is 0 Å². The lowest BCUT2D eigenvalue weighted by Gasteiger charge is -2.29. The predicted octanol–water partition coefficient (Wildman–Crippen LogP) is 3.75. The first-order valence-corrected chi connectivity index (χ1v) is 8.97. The number of rotatable bonds is 6. The molecule has 118 valence electrons. The summed E-state index contributed by atoms with van der Waals surface area (Å²) in [7, 11) is 0. The van der Waals surface area contributed by atoms with Crippen molar-refractivity contribution >= 4 is 22.4 Å². The summed E-state index contributed by atoms with van der Waals surface area (Å²) in [5.41, 5.74) is 1.08. The van der Waals surface area contributed by atoms with Crippen molar-refractivity contribution in [1.82, 2.24) is 9.88 Å². The second-order valence-corrected chi connectivity index (χ2v) is 6.96. The Kier molecular flexibility index (Phi) is 6.18. The van der Waals surface area contributed by atoms with E-state index in [2.05, 4.69) is 41.4 Å². The molecule has 0 aliphatic carbocycles. The molecule has 0 aromatic carbocycles. The lowest BCUT2D eigenvalue weighted by atomic mass is 9.99. The van der Waals surface area contributed by atoms with Crippen molar-refractivity contribution in [2.75, 3.05) is 18.4 Å². The number of aromatic nitrogens is 1. The van der Waals surface area contributed by atoms with Gasteiger partial charge in [0.2, 0.25) is 5.91 Å². The van der Waals surface area contributed by atoms with Crippen LogP contribution in [0.4, 0.5) is 5.13 Å². The number of thiazole rings is 1. The first-order chi connectivity index (χ1) is 10.1. The number of carbonyl (C=O) groups excluding carboxylic acids is 1. The van der Waals surface area contributed by atoms with Gasteiger partial charge in [-0.15, -0.1) is 11.3 Å². The maximum atomic E-state index is 12.1. The maximum Gasteiger partial charge on any atom is 0.229 e. The van der Waals surface area contributed by atoms with E-state index in [1.54, 1.807) is 0 Å². The van der Waals surface area contributed by atoms with E-state index < -0.39 is 0 Å². The summed E-state index contributed by atoms with van der Waals surface area (Å²) in [5, 5.41) is 5.77. The minimum absolute atomic E-state index is 0.0981. The fraction of sp³-hybridized carbons (Fsp3) is 0.750. The molecule has 4 nitrogen and oxygen atoms in total. The van der Waals surface area contributed by atoms with Crippen LogP contribution in [0.3, 0.4) is 0 Å². The highest BCUT2D eigenvalue weighted by Gasteiger charge is 2.18. The Labute approximate surface area is 132 Å². The Bertz CT molecular complexity index is 448. The van der Waals surface area contributed by atoms with Crippen molar-refractivity contribution in [3.8, 4) is 0 Å². The molecule has 5 heteroatoms. The van der Waals surface area contributed by atoms with Crippen LogP contribution in [0.5, 0.6) is 0 Å². The smallest absolute Gasteiger partial charge is 0.229 e. The van der Waals surface area contributed by atoms with Crippen LogP contribution in [0.1, 0.15) is 52.1 Å². The van der Waals surface area contributed by atoms with Crippen LogP contribution in [0.15, 0.2) is 5.38 Å². The van der Waals surface area contributed by atoms with Crippen molar-refractivity contribution in [2.24, 2.45) is 11.8 Å². The van der Waals surface area contributed by atoms with Crippen molar-refractivity contribution in [2.45, 2.75) is 53.0 Å². The molecule has 1 saturated heterocycles. The van der Waals surface area contributed by atoms with Gasteiger partial charge in [0, 0.05) is 17.8 Å². The number of amides is 1. The molecule has 21 heavy (non-hydrogen) atoms. The molecule has 0 atom stereocenters. The molecule has 1 aromatic heterocycles. The highest BCUT2D eigenvalue weighted by Crippen LogP contribution is 2.21. The van der Waals surface area contributed by atoms with Gasteiger partial charge in [0.1, 0.15) is 0 Å². The normalized spacial score (nSPS) is 17.3. The third-order valence-corrected chi connectivity index (χ3v) is 5.21. The number of carbonyl (C=O) groups is 1. The van der Waals surface area contributed by atoms with Crippen molar-refractivity contribution < 1.29 is 4.79 Å². The van der Waals surface area contributed by atoms with E-state index in [4.69, 9.17) is 0 Å². The summed E-state index contributed by atoms with van der Waals surface area (Å²) in [6.45, 7) is 9.66. The zero-order valence-corrected chi connectivity index (χ0v) is 14.2. The number of hydrogen-bond donors (Lipinski definition) is 1. The van der Waals surface area contributed by atoms with E-state index in [9.17, 15) is 4.79 Å². The topological polar surface area (TPSA) is 45.2 Å². The third kappa shape index (κ3) is 4.78. The van der Waals surface area contributed by atoms with Gasteiger partial charge >= 0.3 is 0 Å². The molecule has 0 bridgehead atoms. The van der Waals surface area contributed by atoms with Crippen molar-refractivity contribution in [1.29, 1.82) is 0 Å². The number of likely N-dealkylation sites (tertiary alicyclic amines) is 1. The highest BCUT2D eigenvalue weighted by molar-refractivity contribution is 7.13. The Morgan fingerprint density at radius 1 is 1.43 bits per heavy atom. The van der Waals surface area contributed by atoms with Crippen LogP contribution < -0.4 is 5.32 Å². The first-order valence-electron chi connectivity index (χ1n) is 8.10. The summed E-state index contributed by atoms with van der Waals surface area (Å²) >= 11 is 1.54. The Balaban J connectivity index is 1.85. The molecule has 0 spiro atoms. The monoisotopic (exact) mass is 309 g/mol. The number of nitrogens with zero attached hydrogens (tertiary/aromatic N) is 2. The Morgan fingerprint density at radius 3 is 2.71 bits per heavy atom. The zero-order valence-electron chi connectivity index (χ0n) is 13.4. The summed E-state index contributed by atoms with van der Waals surface area (Å²) < 4.78 is 0. The first kappa shape index (κ1) is 16.4. The van der Waals surface area contributed by atoms with E-state index >= 15 is 0 Å². The fourth-order valence-corrected chi connectivity index (χ4v) is 3.46. The molecule has 1 fully saturated rings. The lowest BCUT2D eigenvalue weighted by molar-refractivity contribution is -0.120. The molecule has 2 heterocycles. The van der Waals surface area contributed by atoms with Gasteiger partial charge in [-0.05, 0) is 44.7 Å². The zero-order chi connectivity index (χ0) is 15.2. The maximum absolute atomic E-state index is 12.1. The van der Waals surface area contributed by atoms with Crippen LogP contribution in [-0.4, -0.2) is 28.9 Å². The molecular weight excluding hydrogens is 282 g/mol. The highest BCUT2D eigenvalue weighted by atomic mass is 32.1. The van der Waals surface area contributed by atoms with Gasteiger partial charge in [-0.3, -0.25) is 9.69 Å². The third-order valence-electron chi connectivity index (χ3n) is 4.40. The molecule has 1 aromatic rings. The van der Waals surface area contributed by atoms with Crippen LogP contribution in [0, 0.1) is 11.8 Å². The van der Waals surface area contributed by atoms with E-state index in [0.717, 1.165) is 49.2 Å². The van der Waals surface area contributed by atoms with Gasteiger partial charge in [0.15, 0.2) is 5.13 Å².